The van der Waals surface area contributed by atoms with Crippen LogP contribution in [0.4, 0.5) is 4.39 Å². The van der Waals surface area contributed by atoms with Gasteiger partial charge in [0.25, 0.3) is 5.91 Å². The second kappa shape index (κ2) is 7.41. The van der Waals surface area contributed by atoms with Crippen LogP contribution in [0, 0.1) is 5.82 Å². The molecule has 0 spiro atoms. The van der Waals surface area contributed by atoms with Crippen LogP contribution < -0.4 is 0 Å². The maximum atomic E-state index is 13.1. The van der Waals surface area contributed by atoms with Crippen molar-refractivity contribution in [2.45, 2.75) is 38.1 Å². The number of alkyl halides is 1. The molecule has 1 aromatic carbocycles. The van der Waals surface area contributed by atoms with E-state index in [-0.39, 0.29) is 17.8 Å². The zero-order chi connectivity index (χ0) is 14.5. The molecule has 0 aromatic heterocycles. The molecule has 0 aliphatic heterocycles. The highest BCUT2D eigenvalue weighted by Gasteiger charge is 2.26. The summed E-state index contributed by atoms with van der Waals surface area (Å²) < 4.78 is 13.6. The van der Waals surface area contributed by atoms with Crippen molar-refractivity contribution in [2.75, 3.05) is 12.4 Å². The third kappa shape index (κ3) is 3.73. The summed E-state index contributed by atoms with van der Waals surface area (Å²) in [6, 6.07) is 4.43. The van der Waals surface area contributed by atoms with E-state index in [4.69, 9.17) is 11.6 Å². The van der Waals surface area contributed by atoms with Gasteiger partial charge < -0.3 is 4.90 Å². The van der Waals surface area contributed by atoms with Gasteiger partial charge in [-0.1, -0.05) is 19.3 Å². The van der Waals surface area contributed by atoms with Crippen molar-refractivity contribution in [3.8, 4) is 0 Å². The van der Waals surface area contributed by atoms with Gasteiger partial charge in [0.05, 0.1) is 5.56 Å². The van der Waals surface area contributed by atoms with Crippen LogP contribution in [-0.4, -0.2) is 29.3 Å². The molecule has 5 heteroatoms. The molecule has 1 saturated carbocycles. The van der Waals surface area contributed by atoms with E-state index in [0.29, 0.717) is 22.5 Å². The number of amides is 1. The number of nitrogens with zero attached hydrogens (tertiary/aromatic N) is 1. The van der Waals surface area contributed by atoms with Gasteiger partial charge in [0.1, 0.15) is 5.82 Å². The third-order valence-corrected chi connectivity index (χ3v) is 4.59. The highest BCUT2D eigenvalue weighted by atomic mass is 79.9. The molecule has 2 rings (SSSR count). The molecule has 0 unspecified atom stereocenters. The van der Waals surface area contributed by atoms with Crippen molar-refractivity contribution >= 4 is 33.4 Å². The minimum Gasteiger partial charge on any atom is -0.334 e. The second-order valence-corrected chi connectivity index (χ2v) is 6.34. The predicted molar refractivity (Wildman–Crippen MR) is 82.7 cm³/mol. The quantitative estimate of drug-likeness (QED) is 0.717. The van der Waals surface area contributed by atoms with Gasteiger partial charge in [0.15, 0.2) is 0 Å². The first-order valence-electron chi connectivity index (χ1n) is 6.95. The Kier molecular flexibility index (Phi) is 5.85. The van der Waals surface area contributed by atoms with E-state index in [1.165, 1.54) is 24.6 Å². The number of hydrogen-bond acceptors (Lipinski definition) is 1. The first-order valence-corrected chi connectivity index (χ1v) is 8.28. The summed E-state index contributed by atoms with van der Waals surface area (Å²) in [5, 5.41) is 0. The van der Waals surface area contributed by atoms with Gasteiger partial charge in [-0.25, -0.2) is 4.39 Å². The molecule has 0 radical (unpaired) electrons. The number of carbonyl (C=O) groups excluding carboxylic acids is 1. The Balaban J connectivity index is 2.21. The van der Waals surface area contributed by atoms with E-state index in [0.717, 1.165) is 25.7 Å². The first kappa shape index (κ1) is 15.8. The molecular formula is C15H18BrClFNO. The average Bonchev–Trinajstić information content (AvgIpc) is 2.45. The molecule has 1 aromatic rings. The van der Waals surface area contributed by atoms with E-state index in [1.807, 2.05) is 4.90 Å². The molecule has 0 heterocycles. The molecule has 0 N–H and O–H groups in total. The number of carbonyl (C=O) groups is 1. The topological polar surface area (TPSA) is 20.3 Å². The molecular weight excluding hydrogens is 345 g/mol. The minimum absolute atomic E-state index is 0.0653. The molecule has 1 fully saturated rings. The number of benzene rings is 1. The number of halogens is 3. The zero-order valence-electron chi connectivity index (χ0n) is 11.2. The Morgan fingerprint density at radius 3 is 2.65 bits per heavy atom. The Labute approximate surface area is 132 Å². The van der Waals surface area contributed by atoms with E-state index in [1.54, 1.807) is 0 Å². The molecule has 110 valence electrons. The minimum atomic E-state index is -0.352. The van der Waals surface area contributed by atoms with Crippen LogP contribution in [0.25, 0.3) is 0 Å². The lowest BCUT2D eigenvalue weighted by molar-refractivity contribution is 0.0648. The largest absolute Gasteiger partial charge is 0.334 e. The van der Waals surface area contributed by atoms with Crippen LogP contribution in [0.3, 0.4) is 0 Å². The van der Waals surface area contributed by atoms with Crippen molar-refractivity contribution in [3.63, 3.8) is 0 Å². The van der Waals surface area contributed by atoms with Gasteiger partial charge in [-0.05, 0) is 47.0 Å². The van der Waals surface area contributed by atoms with E-state index in [2.05, 4.69) is 15.9 Å². The van der Waals surface area contributed by atoms with Crippen molar-refractivity contribution in [2.24, 2.45) is 0 Å². The van der Waals surface area contributed by atoms with Crippen molar-refractivity contribution in [3.05, 3.63) is 34.1 Å². The van der Waals surface area contributed by atoms with Crippen molar-refractivity contribution in [1.29, 1.82) is 0 Å². The third-order valence-electron chi connectivity index (χ3n) is 3.76. The van der Waals surface area contributed by atoms with Crippen LogP contribution in [0.2, 0.25) is 0 Å². The van der Waals surface area contributed by atoms with Crippen LogP contribution in [0.15, 0.2) is 22.7 Å². The summed E-state index contributed by atoms with van der Waals surface area (Å²) in [7, 11) is 0. The molecule has 1 amide bonds. The number of rotatable bonds is 4. The maximum Gasteiger partial charge on any atom is 0.255 e. The molecule has 1 aliphatic rings. The maximum absolute atomic E-state index is 13.1. The van der Waals surface area contributed by atoms with Gasteiger partial charge in [0, 0.05) is 22.9 Å². The van der Waals surface area contributed by atoms with Crippen LogP contribution in [-0.2, 0) is 0 Å². The lowest BCUT2D eigenvalue weighted by Gasteiger charge is -2.34. The van der Waals surface area contributed by atoms with Crippen LogP contribution >= 0.6 is 27.5 Å². The molecule has 0 atom stereocenters. The molecule has 0 saturated heterocycles. The summed E-state index contributed by atoms with van der Waals surface area (Å²) in [5.74, 6) is 0.000499. The van der Waals surface area contributed by atoms with Gasteiger partial charge in [0.2, 0.25) is 0 Å². The van der Waals surface area contributed by atoms with Crippen molar-refractivity contribution < 1.29 is 9.18 Å². The van der Waals surface area contributed by atoms with Gasteiger partial charge >= 0.3 is 0 Å². The second-order valence-electron chi connectivity index (χ2n) is 5.10. The lowest BCUT2D eigenvalue weighted by Crippen LogP contribution is -2.42. The summed E-state index contributed by atoms with van der Waals surface area (Å²) in [4.78, 5) is 14.5. The Bertz CT molecular complexity index is 477. The van der Waals surface area contributed by atoms with Crippen molar-refractivity contribution in [1.82, 2.24) is 4.90 Å². The smallest absolute Gasteiger partial charge is 0.255 e. The van der Waals surface area contributed by atoms with E-state index in [9.17, 15) is 9.18 Å². The normalized spacial score (nSPS) is 16.1. The summed E-state index contributed by atoms with van der Waals surface area (Å²) in [6.45, 7) is 0.537. The standard InChI is InChI=1S/C15H18BrClFNO/c16-14-10-11(18)6-7-13(14)15(20)19(9-8-17)12-4-2-1-3-5-12/h6-7,10,12H,1-5,8-9H2. The fraction of sp³-hybridized carbons (Fsp3) is 0.533. The monoisotopic (exact) mass is 361 g/mol. The molecule has 1 aliphatic carbocycles. The zero-order valence-corrected chi connectivity index (χ0v) is 13.6. The molecule has 0 bridgehead atoms. The Morgan fingerprint density at radius 1 is 1.35 bits per heavy atom. The average molecular weight is 363 g/mol. The van der Waals surface area contributed by atoms with Gasteiger partial charge in [-0.3, -0.25) is 4.79 Å². The fourth-order valence-electron chi connectivity index (χ4n) is 2.75. The molecule has 2 nitrogen and oxygen atoms in total. The van der Waals surface area contributed by atoms with Gasteiger partial charge in [-0.15, -0.1) is 11.6 Å². The highest BCUT2D eigenvalue weighted by Crippen LogP contribution is 2.26. The summed E-state index contributed by atoms with van der Waals surface area (Å²) >= 11 is 9.12. The van der Waals surface area contributed by atoms with E-state index >= 15 is 0 Å². The fourth-order valence-corrected chi connectivity index (χ4v) is 3.45. The SMILES string of the molecule is O=C(c1ccc(F)cc1Br)N(CCCl)C1CCCCC1. The Morgan fingerprint density at radius 2 is 2.05 bits per heavy atom. The summed E-state index contributed by atoms with van der Waals surface area (Å²) in [6.07, 6.45) is 5.60. The summed E-state index contributed by atoms with van der Waals surface area (Å²) in [5.41, 5.74) is 0.502. The predicted octanol–water partition coefficient (Wildman–Crippen LogP) is 4.60. The lowest BCUT2D eigenvalue weighted by atomic mass is 9.93. The van der Waals surface area contributed by atoms with Crippen LogP contribution in [0.5, 0.6) is 0 Å². The molecule has 20 heavy (non-hydrogen) atoms. The first-order chi connectivity index (χ1) is 9.63. The van der Waals surface area contributed by atoms with Gasteiger partial charge in [-0.2, -0.15) is 0 Å². The Hall–Kier alpha value is -0.610. The van der Waals surface area contributed by atoms with Crippen LogP contribution in [0.1, 0.15) is 42.5 Å². The highest BCUT2D eigenvalue weighted by molar-refractivity contribution is 9.10. The number of hydrogen-bond donors (Lipinski definition) is 0. The van der Waals surface area contributed by atoms with E-state index < -0.39 is 0 Å².